The summed E-state index contributed by atoms with van der Waals surface area (Å²) < 4.78 is 0. The third-order valence-corrected chi connectivity index (χ3v) is 5.82. The molecule has 1 aliphatic carbocycles. The fourth-order valence-corrected chi connectivity index (χ4v) is 4.09. The maximum Gasteiger partial charge on any atom is 0.0442 e. The third kappa shape index (κ3) is 7.48. The van der Waals surface area contributed by atoms with Gasteiger partial charge in [0.1, 0.15) is 0 Å². The summed E-state index contributed by atoms with van der Waals surface area (Å²) in [7, 11) is -0.793. The van der Waals surface area contributed by atoms with Crippen LogP contribution in [0.25, 0.3) is 0 Å². The Hall–Kier alpha value is 0.217. The summed E-state index contributed by atoms with van der Waals surface area (Å²) in [6.07, 6.45) is 15.1. The Balaban J connectivity index is 2.25. The lowest BCUT2D eigenvalue weighted by molar-refractivity contribution is 0.378. The van der Waals surface area contributed by atoms with Gasteiger partial charge in [0.05, 0.1) is 0 Å². The molecule has 16 heavy (non-hydrogen) atoms. The van der Waals surface area contributed by atoms with Crippen molar-refractivity contribution in [3.8, 4) is 0 Å². The van der Waals surface area contributed by atoms with Crippen LogP contribution in [0, 0.1) is 5.92 Å². The maximum atomic E-state index is 2.52. The van der Waals surface area contributed by atoms with E-state index < -0.39 is 8.07 Å². The van der Waals surface area contributed by atoms with Gasteiger partial charge in [0, 0.05) is 8.07 Å². The highest BCUT2D eigenvalue weighted by Gasteiger charge is 2.17. The molecule has 0 bridgehead atoms. The van der Waals surface area contributed by atoms with Gasteiger partial charge in [0.2, 0.25) is 0 Å². The highest BCUT2D eigenvalue weighted by atomic mass is 28.3. The zero-order valence-corrected chi connectivity index (χ0v) is 12.9. The molecule has 0 aromatic carbocycles. The molecule has 0 aromatic heterocycles. The molecule has 1 rings (SSSR count). The lowest BCUT2D eigenvalue weighted by Crippen LogP contribution is -2.20. The minimum absolute atomic E-state index is 0.793. The van der Waals surface area contributed by atoms with Gasteiger partial charge in [-0.1, -0.05) is 89.9 Å². The second kappa shape index (κ2) is 7.52. The molecule has 0 radical (unpaired) electrons. The van der Waals surface area contributed by atoms with E-state index in [4.69, 9.17) is 0 Å². The Kier molecular flexibility index (Phi) is 6.72. The highest BCUT2D eigenvalue weighted by Crippen LogP contribution is 2.27. The van der Waals surface area contributed by atoms with Crippen molar-refractivity contribution >= 4 is 8.07 Å². The number of hydrogen-bond donors (Lipinski definition) is 0. The van der Waals surface area contributed by atoms with Crippen LogP contribution in [-0.2, 0) is 0 Å². The van der Waals surface area contributed by atoms with E-state index in [-0.39, 0.29) is 0 Å². The first-order valence-corrected chi connectivity index (χ1v) is 11.3. The van der Waals surface area contributed by atoms with Gasteiger partial charge >= 0.3 is 0 Å². The molecule has 0 spiro atoms. The standard InChI is InChI=1S/C15H32Si/c1-16(2,3)14-13-15-11-9-7-5-4-6-8-10-12-15/h15H,4-14H2,1-3H3. The topological polar surface area (TPSA) is 0 Å². The normalized spacial score (nSPS) is 21.9. The summed E-state index contributed by atoms with van der Waals surface area (Å²) >= 11 is 0. The molecule has 0 N–H and O–H groups in total. The predicted molar refractivity (Wildman–Crippen MR) is 77.8 cm³/mol. The van der Waals surface area contributed by atoms with E-state index in [1.54, 1.807) is 6.04 Å². The Bertz CT molecular complexity index is 159. The van der Waals surface area contributed by atoms with E-state index in [1.807, 2.05) is 0 Å². The van der Waals surface area contributed by atoms with Gasteiger partial charge in [-0.3, -0.25) is 0 Å². The molecule has 0 nitrogen and oxygen atoms in total. The van der Waals surface area contributed by atoms with Crippen LogP contribution in [-0.4, -0.2) is 8.07 Å². The minimum atomic E-state index is -0.793. The van der Waals surface area contributed by atoms with E-state index in [0.717, 1.165) is 5.92 Å². The quantitative estimate of drug-likeness (QED) is 0.542. The lowest BCUT2D eigenvalue weighted by Gasteiger charge is -2.22. The van der Waals surface area contributed by atoms with Crippen molar-refractivity contribution in [2.45, 2.75) is 89.9 Å². The van der Waals surface area contributed by atoms with Crippen LogP contribution in [0.1, 0.15) is 64.2 Å². The third-order valence-electron chi connectivity index (χ3n) is 4.03. The van der Waals surface area contributed by atoms with Crippen molar-refractivity contribution in [1.29, 1.82) is 0 Å². The molecule has 1 fully saturated rings. The average Bonchev–Trinajstić information content (AvgIpc) is 2.22. The molecule has 0 heterocycles. The largest absolute Gasteiger partial charge is 0.0695 e. The fourth-order valence-electron chi connectivity index (χ4n) is 2.82. The zero-order valence-electron chi connectivity index (χ0n) is 11.9. The first-order valence-electron chi connectivity index (χ1n) is 7.58. The molecule has 0 saturated heterocycles. The minimum Gasteiger partial charge on any atom is -0.0695 e. The van der Waals surface area contributed by atoms with Crippen LogP contribution in [0.3, 0.4) is 0 Å². The molecule has 0 amide bonds. The molecule has 1 aliphatic rings. The van der Waals surface area contributed by atoms with Crippen molar-refractivity contribution in [2.24, 2.45) is 5.92 Å². The van der Waals surface area contributed by atoms with Crippen molar-refractivity contribution in [2.75, 3.05) is 0 Å². The van der Waals surface area contributed by atoms with Gasteiger partial charge in [0.15, 0.2) is 0 Å². The van der Waals surface area contributed by atoms with Gasteiger partial charge in [-0.15, -0.1) is 0 Å². The van der Waals surface area contributed by atoms with Gasteiger partial charge in [-0.05, 0) is 5.92 Å². The van der Waals surface area contributed by atoms with E-state index in [9.17, 15) is 0 Å². The lowest BCUT2D eigenvalue weighted by atomic mass is 9.90. The average molecular weight is 241 g/mol. The summed E-state index contributed by atoms with van der Waals surface area (Å²) in [4.78, 5) is 0. The smallest absolute Gasteiger partial charge is 0.0442 e. The number of rotatable bonds is 3. The van der Waals surface area contributed by atoms with Crippen LogP contribution in [0.4, 0.5) is 0 Å². The van der Waals surface area contributed by atoms with Gasteiger partial charge in [0.25, 0.3) is 0 Å². The van der Waals surface area contributed by atoms with Crippen molar-refractivity contribution in [3.63, 3.8) is 0 Å². The Labute approximate surface area is 104 Å². The summed E-state index contributed by atoms with van der Waals surface area (Å²) in [5.41, 5.74) is 0. The summed E-state index contributed by atoms with van der Waals surface area (Å²) in [6, 6.07) is 1.55. The van der Waals surface area contributed by atoms with E-state index in [1.165, 1.54) is 64.2 Å². The predicted octanol–water partition coefficient (Wildman–Crippen LogP) is 5.86. The molecular weight excluding hydrogens is 208 g/mol. The Morgan fingerprint density at radius 3 is 1.62 bits per heavy atom. The summed E-state index contributed by atoms with van der Waals surface area (Å²) in [6.45, 7) is 7.56. The van der Waals surface area contributed by atoms with Crippen molar-refractivity contribution in [3.05, 3.63) is 0 Å². The second-order valence-corrected chi connectivity index (χ2v) is 12.6. The number of hydrogen-bond acceptors (Lipinski definition) is 0. The van der Waals surface area contributed by atoms with Gasteiger partial charge in [-0.2, -0.15) is 0 Å². The second-order valence-electron chi connectivity index (χ2n) is 7.02. The van der Waals surface area contributed by atoms with Crippen LogP contribution in [0.5, 0.6) is 0 Å². The maximum absolute atomic E-state index is 2.52. The van der Waals surface area contributed by atoms with E-state index in [2.05, 4.69) is 19.6 Å². The molecule has 0 aromatic rings. The Morgan fingerprint density at radius 1 is 0.750 bits per heavy atom. The van der Waals surface area contributed by atoms with Crippen LogP contribution in [0.15, 0.2) is 0 Å². The van der Waals surface area contributed by atoms with Crippen molar-refractivity contribution < 1.29 is 0 Å². The van der Waals surface area contributed by atoms with Crippen LogP contribution >= 0.6 is 0 Å². The van der Waals surface area contributed by atoms with Gasteiger partial charge in [-0.25, -0.2) is 0 Å². The van der Waals surface area contributed by atoms with E-state index >= 15 is 0 Å². The molecule has 96 valence electrons. The first-order chi connectivity index (χ1) is 7.58. The SMILES string of the molecule is C[Si](C)(C)CCC1CCCCCCCCC1. The Morgan fingerprint density at radius 2 is 1.19 bits per heavy atom. The summed E-state index contributed by atoms with van der Waals surface area (Å²) in [5.74, 6) is 1.07. The zero-order chi connectivity index (χ0) is 11.9. The molecule has 0 aliphatic heterocycles. The molecule has 1 heteroatoms. The van der Waals surface area contributed by atoms with Crippen LogP contribution in [0.2, 0.25) is 25.7 Å². The summed E-state index contributed by atoms with van der Waals surface area (Å²) in [5, 5.41) is 0. The van der Waals surface area contributed by atoms with Crippen molar-refractivity contribution in [1.82, 2.24) is 0 Å². The molecule has 1 saturated carbocycles. The first kappa shape index (κ1) is 14.3. The molecular formula is C15H32Si. The highest BCUT2D eigenvalue weighted by molar-refractivity contribution is 6.76. The molecule has 0 atom stereocenters. The monoisotopic (exact) mass is 240 g/mol. The van der Waals surface area contributed by atoms with Crippen LogP contribution < -0.4 is 0 Å². The molecule has 0 unspecified atom stereocenters. The fraction of sp³-hybridized carbons (Fsp3) is 1.00. The van der Waals surface area contributed by atoms with Gasteiger partial charge < -0.3 is 0 Å². The van der Waals surface area contributed by atoms with E-state index in [0.29, 0.717) is 0 Å².